The second kappa shape index (κ2) is 6.77. The number of amides is 1. The van der Waals surface area contributed by atoms with Gasteiger partial charge in [0.25, 0.3) is 5.91 Å². The molecule has 0 atom stereocenters. The number of hydrogen-bond acceptors (Lipinski definition) is 6. The van der Waals surface area contributed by atoms with Crippen LogP contribution in [0.4, 0.5) is 5.82 Å². The van der Waals surface area contributed by atoms with E-state index in [-0.39, 0.29) is 11.6 Å². The molecule has 1 aromatic heterocycles. The predicted molar refractivity (Wildman–Crippen MR) is 63.3 cm³/mol. The Morgan fingerprint density at radius 2 is 2.35 bits per heavy atom. The average Bonchev–Trinajstić information content (AvgIpc) is 2.38. The number of carbonyl (C=O) groups excluding carboxylic acids is 1. The van der Waals surface area contributed by atoms with Crippen LogP contribution >= 0.6 is 0 Å². The van der Waals surface area contributed by atoms with Gasteiger partial charge in [-0.25, -0.2) is 10.8 Å². The van der Waals surface area contributed by atoms with Crippen molar-refractivity contribution in [3.05, 3.63) is 18.1 Å². The number of aromatic nitrogens is 2. The van der Waals surface area contributed by atoms with Crippen molar-refractivity contribution in [3.63, 3.8) is 0 Å². The summed E-state index contributed by atoms with van der Waals surface area (Å²) in [5.41, 5.74) is 2.61. The molecule has 0 radical (unpaired) electrons. The SMILES string of the molecule is COCCCN(C)C(=O)c1cncc(NN)n1. The maximum Gasteiger partial charge on any atom is 0.273 e. The number of hydrogen-bond donors (Lipinski definition) is 2. The van der Waals surface area contributed by atoms with Gasteiger partial charge >= 0.3 is 0 Å². The van der Waals surface area contributed by atoms with Crippen molar-refractivity contribution in [1.82, 2.24) is 14.9 Å². The zero-order chi connectivity index (χ0) is 12.7. The van der Waals surface area contributed by atoms with Gasteiger partial charge in [0, 0.05) is 27.3 Å². The molecule has 3 N–H and O–H groups in total. The van der Waals surface area contributed by atoms with Crippen LogP contribution in [0.1, 0.15) is 16.9 Å². The molecular formula is C10H17N5O2. The standard InChI is InChI=1S/C10H17N5O2/c1-15(4-3-5-17-2)10(16)8-6-12-7-9(13-8)14-11/h6-7H,3-5,11H2,1-2H3,(H,13,14). The lowest BCUT2D eigenvalue weighted by atomic mass is 10.3. The second-order valence-corrected chi connectivity index (χ2v) is 3.51. The minimum atomic E-state index is -0.189. The molecule has 1 heterocycles. The molecule has 7 nitrogen and oxygen atoms in total. The summed E-state index contributed by atoms with van der Waals surface area (Å²) < 4.78 is 4.92. The lowest BCUT2D eigenvalue weighted by Gasteiger charge is -2.16. The second-order valence-electron chi connectivity index (χ2n) is 3.51. The van der Waals surface area contributed by atoms with Gasteiger partial charge in [-0.05, 0) is 6.42 Å². The van der Waals surface area contributed by atoms with Gasteiger partial charge in [0.1, 0.15) is 5.69 Å². The molecule has 0 fully saturated rings. The fourth-order valence-electron chi connectivity index (χ4n) is 1.28. The van der Waals surface area contributed by atoms with E-state index in [1.165, 1.54) is 12.4 Å². The first kappa shape index (κ1) is 13.3. The Balaban J connectivity index is 2.61. The van der Waals surface area contributed by atoms with Crippen molar-refractivity contribution in [3.8, 4) is 0 Å². The van der Waals surface area contributed by atoms with Crippen molar-refractivity contribution in [1.29, 1.82) is 0 Å². The number of nitrogens with one attached hydrogen (secondary N) is 1. The lowest BCUT2D eigenvalue weighted by molar-refractivity contribution is 0.0773. The summed E-state index contributed by atoms with van der Waals surface area (Å²) in [7, 11) is 3.34. The molecule has 0 aliphatic carbocycles. The van der Waals surface area contributed by atoms with Crippen molar-refractivity contribution < 1.29 is 9.53 Å². The molecule has 0 spiro atoms. The first-order valence-electron chi connectivity index (χ1n) is 5.22. The van der Waals surface area contributed by atoms with Crippen molar-refractivity contribution in [2.45, 2.75) is 6.42 Å². The topological polar surface area (TPSA) is 93.4 Å². The minimum absolute atomic E-state index is 0.189. The van der Waals surface area contributed by atoms with Gasteiger partial charge in [0.05, 0.1) is 12.4 Å². The van der Waals surface area contributed by atoms with Gasteiger partial charge in [-0.2, -0.15) is 0 Å². The number of nitrogens with two attached hydrogens (primary N) is 1. The predicted octanol–water partition coefficient (Wildman–Crippen LogP) is -0.129. The van der Waals surface area contributed by atoms with Gasteiger partial charge in [-0.15, -0.1) is 0 Å². The molecule has 1 rings (SSSR count). The van der Waals surface area contributed by atoms with Crippen molar-refractivity contribution >= 4 is 11.7 Å². The molecule has 0 aliphatic heterocycles. The summed E-state index contributed by atoms with van der Waals surface area (Å²) in [5, 5.41) is 0. The van der Waals surface area contributed by atoms with Crippen LogP contribution in [0.2, 0.25) is 0 Å². The number of nitrogens with zero attached hydrogens (tertiary/aromatic N) is 3. The summed E-state index contributed by atoms with van der Waals surface area (Å²) in [6, 6.07) is 0. The lowest BCUT2D eigenvalue weighted by Crippen LogP contribution is -2.29. The van der Waals surface area contributed by atoms with Crippen molar-refractivity contribution in [2.75, 3.05) is 32.7 Å². The van der Waals surface area contributed by atoms with E-state index in [2.05, 4.69) is 15.4 Å². The number of methoxy groups -OCH3 is 1. The van der Waals surface area contributed by atoms with Crippen LogP contribution in [-0.2, 0) is 4.74 Å². The highest BCUT2D eigenvalue weighted by Crippen LogP contribution is 2.03. The molecule has 1 amide bonds. The van der Waals surface area contributed by atoms with E-state index in [1.54, 1.807) is 19.1 Å². The Morgan fingerprint density at radius 1 is 1.59 bits per heavy atom. The first-order valence-corrected chi connectivity index (χ1v) is 5.22. The van der Waals surface area contributed by atoms with Crippen LogP contribution in [0.5, 0.6) is 0 Å². The summed E-state index contributed by atoms with van der Waals surface area (Å²) >= 11 is 0. The minimum Gasteiger partial charge on any atom is -0.385 e. The largest absolute Gasteiger partial charge is 0.385 e. The monoisotopic (exact) mass is 239 g/mol. The fraction of sp³-hybridized carbons (Fsp3) is 0.500. The van der Waals surface area contributed by atoms with E-state index in [4.69, 9.17) is 10.6 Å². The van der Waals surface area contributed by atoms with Gasteiger partial charge < -0.3 is 15.1 Å². The smallest absolute Gasteiger partial charge is 0.273 e. The summed E-state index contributed by atoms with van der Waals surface area (Å²) in [6.07, 6.45) is 3.64. The van der Waals surface area contributed by atoms with Gasteiger partial charge in [-0.3, -0.25) is 9.78 Å². The number of rotatable bonds is 6. The number of hydrazine groups is 1. The number of anilines is 1. The van der Waals surface area contributed by atoms with Crippen LogP contribution in [0.3, 0.4) is 0 Å². The fourth-order valence-corrected chi connectivity index (χ4v) is 1.28. The Hall–Kier alpha value is -1.73. The Kier molecular flexibility index (Phi) is 5.31. The van der Waals surface area contributed by atoms with E-state index in [0.717, 1.165) is 6.42 Å². The van der Waals surface area contributed by atoms with Crippen LogP contribution < -0.4 is 11.3 Å². The third kappa shape index (κ3) is 3.97. The third-order valence-corrected chi connectivity index (χ3v) is 2.19. The highest BCUT2D eigenvalue weighted by molar-refractivity contribution is 5.92. The van der Waals surface area contributed by atoms with Gasteiger partial charge in [0.15, 0.2) is 5.82 Å². The Morgan fingerprint density at radius 3 is 3.00 bits per heavy atom. The van der Waals surface area contributed by atoms with Crippen molar-refractivity contribution in [2.24, 2.45) is 5.84 Å². The van der Waals surface area contributed by atoms with E-state index in [1.807, 2.05) is 0 Å². The van der Waals surface area contributed by atoms with E-state index in [0.29, 0.717) is 19.0 Å². The van der Waals surface area contributed by atoms with Crippen LogP contribution in [0.25, 0.3) is 0 Å². The highest BCUT2D eigenvalue weighted by Gasteiger charge is 2.13. The number of nitrogen functional groups attached to an aromatic ring is 1. The number of ether oxygens (including phenoxy) is 1. The Bertz CT molecular complexity index is 371. The maximum atomic E-state index is 11.9. The first-order chi connectivity index (χ1) is 8.19. The average molecular weight is 239 g/mol. The summed E-state index contributed by atoms with van der Waals surface area (Å²) in [5.74, 6) is 5.37. The number of carbonyl (C=O) groups is 1. The molecule has 0 saturated heterocycles. The molecule has 0 unspecified atom stereocenters. The Labute approximate surface area is 100.0 Å². The van der Waals surface area contributed by atoms with Crippen LogP contribution in [0.15, 0.2) is 12.4 Å². The molecule has 17 heavy (non-hydrogen) atoms. The molecule has 0 aliphatic rings. The molecule has 7 heteroatoms. The van der Waals surface area contributed by atoms with E-state index in [9.17, 15) is 4.79 Å². The molecule has 0 aromatic carbocycles. The van der Waals surface area contributed by atoms with Gasteiger partial charge in [0.2, 0.25) is 0 Å². The maximum absolute atomic E-state index is 11.9. The molecule has 0 bridgehead atoms. The molecule has 0 saturated carbocycles. The molecule has 1 aromatic rings. The summed E-state index contributed by atoms with van der Waals surface area (Å²) in [4.78, 5) is 21.4. The zero-order valence-electron chi connectivity index (χ0n) is 10.0. The summed E-state index contributed by atoms with van der Waals surface area (Å²) in [6.45, 7) is 1.22. The van der Waals surface area contributed by atoms with E-state index >= 15 is 0 Å². The van der Waals surface area contributed by atoms with E-state index < -0.39 is 0 Å². The van der Waals surface area contributed by atoms with Crippen LogP contribution in [-0.4, -0.2) is 48.1 Å². The normalized spacial score (nSPS) is 10.1. The highest BCUT2D eigenvalue weighted by atomic mass is 16.5. The third-order valence-electron chi connectivity index (χ3n) is 2.19. The molecule has 94 valence electrons. The molecular weight excluding hydrogens is 222 g/mol. The van der Waals surface area contributed by atoms with Gasteiger partial charge in [-0.1, -0.05) is 0 Å². The zero-order valence-corrected chi connectivity index (χ0v) is 10.0. The quantitative estimate of drug-likeness (QED) is 0.408. The van der Waals surface area contributed by atoms with Crippen LogP contribution in [0, 0.1) is 0 Å².